The second-order valence-corrected chi connectivity index (χ2v) is 8.49. The van der Waals surface area contributed by atoms with Gasteiger partial charge in [-0.3, -0.25) is 14.5 Å². The molecule has 1 atom stereocenters. The summed E-state index contributed by atoms with van der Waals surface area (Å²) in [6, 6.07) is 7.91. The monoisotopic (exact) mass is 400 g/mol. The van der Waals surface area contributed by atoms with E-state index < -0.39 is 0 Å². The summed E-state index contributed by atoms with van der Waals surface area (Å²) in [6.07, 6.45) is 2.64. The number of hydrogen-bond donors (Lipinski definition) is 2. The van der Waals surface area contributed by atoms with Gasteiger partial charge in [-0.1, -0.05) is 25.1 Å². The van der Waals surface area contributed by atoms with E-state index in [4.69, 9.17) is 0 Å². The number of aromatic nitrogens is 1. The average Bonchev–Trinajstić information content (AvgIpc) is 2.99. The van der Waals surface area contributed by atoms with Crippen LogP contribution in [0.1, 0.15) is 35.9 Å². The highest BCUT2D eigenvalue weighted by Crippen LogP contribution is 2.23. The molecule has 1 fully saturated rings. The number of carbonyl (C=O) groups is 2. The number of rotatable bonds is 6. The zero-order chi connectivity index (χ0) is 20.1. The van der Waals surface area contributed by atoms with Gasteiger partial charge in [0.2, 0.25) is 11.8 Å². The first-order valence-electron chi connectivity index (χ1n) is 9.81. The number of likely N-dealkylation sites (tertiary alicyclic amines) is 1. The fraction of sp³-hybridized carbons (Fsp3) is 0.476. The van der Waals surface area contributed by atoms with Crippen molar-refractivity contribution in [1.29, 1.82) is 0 Å². The molecule has 3 rings (SSSR count). The van der Waals surface area contributed by atoms with Crippen molar-refractivity contribution in [3.05, 3.63) is 40.4 Å². The molecule has 2 heterocycles. The van der Waals surface area contributed by atoms with E-state index in [9.17, 15) is 9.59 Å². The maximum atomic E-state index is 12.8. The van der Waals surface area contributed by atoms with Crippen LogP contribution in [0.2, 0.25) is 0 Å². The van der Waals surface area contributed by atoms with Crippen molar-refractivity contribution in [2.24, 2.45) is 5.92 Å². The molecule has 1 aromatic carbocycles. The molecular formula is C21H28N4O2S. The van der Waals surface area contributed by atoms with Crippen LogP contribution in [0.25, 0.3) is 0 Å². The van der Waals surface area contributed by atoms with Crippen molar-refractivity contribution in [1.82, 2.24) is 9.88 Å². The largest absolute Gasteiger partial charge is 0.326 e. The van der Waals surface area contributed by atoms with Gasteiger partial charge in [-0.15, -0.1) is 11.3 Å². The van der Waals surface area contributed by atoms with Crippen molar-refractivity contribution < 1.29 is 9.59 Å². The topological polar surface area (TPSA) is 74.3 Å². The number of anilines is 2. The molecule has 1 aliphatic rings. The van der Waals surface area contributed by atoms with E-state index in [1.807, 2.05) is 38.1 Å². The smallest absolute Gasteiger partial charge is 0.240 e. The summed E-state index contributed by atoms with van der Waals surface area (Å²) in [5.41, 5.74) is 2.97. The van der Waals surface area contributed by atoms with Gasteiger partial charge in [-0.2, -0.15) is 0 Å². The summed E-state index contributed by atoms with van der Waals surface area (Å²) >= 11 is 1.49. The fourth-order valence-electron chi connectivity index (χ4n) is 3.49. The van der Waals surface area contributed by atoms with E-state index in [1.165, 1.54) is 11.3 Å². The lowest BCUT2D eigenvalue weighted by Gasteiger charge is -2.31. The summed E-state index contributed by atoms with van der Waals surface area (Å²) in [7, 11) is 0. The van der Waals surface area contributed by atoms with E-state index >= 15 is 0 Å². The van der Waals surface area contributed by atoms with E-state index in [2.05, 4.69) is 27.4 Å². The minimum absolute atomic E-state index is 0.0391. The molecular weight excluding hydrogens is 372 g/mol. The van der Waals surface area contributed by atoms with Gasteiger partial charge in [0, 0.05) is 17.1 Å². The summed E-state index contributed by atoms with van der Waals surface area (Å²) < 4.78 is 0. The molecule has 28 heavy (non-hydrogen) atoms. The normalized spacial score (nSPS) is 17.3. The number of aryl methyl sites for hydroxylation is 3. The molecule has 2 aromatic rings. The van der Waals surface area contributed by atoms with Crippen LogP contribution in [0.5, 0.6) is 0 Å². The number of nitrogens with one attached hydrogen (secondary N) is 2. The lowest BCUT2D eigenvalue weighted by molar-refractivity contribution is -0.123. The number of benzene rings is 1. The predicted molar refractivity (Wildman–Crippen MR) is 114 cm³/mol. The van der Waals surface area contributed by atoms with Crippen molar-refractivity contribution >= 4 is 34.0 Å². The molecule has 1 aliphatic heterocycles. The molecule has 0 spiro atoms. The first-order chi connectivity index (χ1) is 13.5. The lowest BCUT2D eigenvalue weighted by Crippen LogP contribution is -2.44. The van der Waals surface area contributed by atoms with Crippen molar-refractivity contribution in [2.75, 3.05) is 30.3 Å². The predicted octanol–water partition coefficient (Wildman–Crippen LogP) is 3.61. The van der Waals surface area contributed by atoms with Crippen molar-refractivity contribution in [3.63, 3.8) is 0 Å². The van der Waals surface area contributed by atoms with Crippen LogP contribution in [0.4, 0.5) is 10.8 Å². The third-order valence-corrected chi connectivity index (χ3v) is 6.16. The van der Waals surface area contributed by atoms with Crippen LogP contribution in [0.15, 0.2) is 24.3 Å². The Kier molecular flexibility index (Phi) is 6.80. The third-order valence-electron chi connectivity index (χ3n) is 5.17. The van der Waals surface area contributed by atoms with E-state index in [1.54, 1.807) is 0 Å². The van der Waals surface area contributed by atoms with Crippen LogP contribution >= 0.6 is 11.3 Å². The highest BCUT2D eigenvalue weighted by atomic mass is 32.1. The van der Waals surface area contributed by atoms with Crippen molar-refractivity contribution in [2.45, 2.75) is 40.0 Å². The van der Waals surface area contributed by atoms with Crippen LogP contribution in [-0.2, 0) is 16.0 Å². The molecule has 0 aliphatic carbocycles. The van der Waals surface area contributed by atoms with E-state index in [-0.39, 0.29) is 24.3 Å². The maximum absolute atomic E-state index is 12.8. The average molecular weight is 401 g/mol. The second-order valence-electron chi connectivity index (χ2n) is 7.28. The molecule has 1 aromatic heterocycles. The molecule has 0 bridgehead atoms. The van der Waals surface area contributed by atoms with Gasteiger partial charge in [0.25, 0.3) is 0 Å². The number of amides is 2. The first-order valence-corrected chi connectivity index (χ1v) is 10.6. The Morgan fingerprint density at radius 3 is 2.75 bits per heavy atom. The van der Waals surface area contributed by atoms with Gasteiger partial charge in [0.05, 0.1) is 18.2 Å². The van der Waals surface area contributed by atoms with Crippen LogP contribution in [0.3, 0.4) is 0 Å². The first kappa shape index (κ1) is 20.5. The standard InChI is InChI=1S/C21H28N4O2S/c1-4-16-8-5-6-10-18(16)23-20(27)17-9-7-11-25(12-17)13-19(26)24-21-22-14(2)15(3)28-21/h5-6,8,10,17H,4,7,9,11-13H2,1-3H3,(H,23,27)(H,22,24,26). The van der Waals surface area contributed by atoms with Gasteiger partial charge in [-0.25, -0.2) is 4.98 Å². The number of thiazole rings is 1. The minimum atomic E-state index is -0.101. The van der Waals surface area contributed by atoms with Crippen molar-refractivity contribution in [3.8, 4) is 0 Å². The molecule has 1 unspecified atom stereocenters. The third kappa shape index (κ3) is 5.17. The molecule has 150 valence electrons. The van der Waals surface area contributed by atoms with Crippen LogP contribution in [-0.4, -0.2) is 41.3 Å². The zero-order valence-corrected chi connectivity index (χ0v) is 17.6. The zero-order valence-electron chi connectivity index (χ0n) is 16.7. The quantitative estimate of drug-likeness (QED) is 0.777. The van der Waals surface area contributed by atoms with Gasteiger partial charge < -0.3 is 10.6 Å². The molecule has 2 amide bonds. The number of hydrogen-bond acceptors (Lipinski definition) is 5. The Morgan fingerprint density at radius 2 is 2.04 bits per heavy atom. The maximum Gasteiger partial charge on any atom is 0.240 e. The van der Waals surface area contributed by atoms with E-state index in [0.29, 0.717) is 11.7 Å². The Bertz CT molecular complexity index is 829. The highest BCUT2D eigenvalue weighted by molar-refractivity contribution is 7.15. The number of para-hydroxylation sites is 1. The summed E-state index contributed by atoms with van der Waals surface area (Å²) in [6.45, 7) is 7.73. The second kappa shape index (κ2) is 9.30. The Morgan fingerprint density at radius 1 is 1.25 bits per heavy atom. The molecule has 1 saturated heterocycles. The van der Waals surface area contributed by atoms with Crippen LogP contribution < -0.4 is 10.6 Å². The summed E-state index contributed by atoms with van der Waals surface area (Å²) in [4.78, 5) is 32.6. The van der Waals surface area contributed by atoms with Gasteiger partial charge in [-0.05, 0) is 51.3 Å². The number of carbonyl (C=O) groups excluding carboxylic acids is 2. The molecule has 7 heteroatoms. The molecule has 0 saturated carbocycles. The SMILES string of the molecule is CCc1ccccc1NC(=O)C1CCCN(CC(=O)Nc2nc(C)c(C)s2)C1. The highest BCUT2D eigenvalue weighted by Gasteiger charge is 2.27. The van der Waals surface area contributed by atoms with Gasteiger partial charge >= 0.3 is 0 Å². The van der Waals surface area contributed by atoms with Crippen LogP contribution in [0, 0.1) is 19.8 Å². The molecule has 6 nitrogen and oxygen atoms in total. The summed E-state index contributed by atoms with van der Waals surface area (Å²) in [5, 5.41) is 6.60. The Balaban J connectivity index is 1.54. The minimum Gasteiger partial charge on any atom is -0.326 e. The Hall–Kier alpha value is -2.25. The lowest BCUT2D eigenvalue weighted by atomic mass is 9.96. The fourth-order valence-corrected chi connectivity index (χ4v) is 4.32. The number of nitrogens with zero attached hydrogens (tertiary/aromatic N) is 2. The van der Waals surface area contributed by atoms with E-state index in [0.717, 1.165) is 47.6 Å². The summed E-state index contributed by atoms with van der Waals surface area (Å²) in [5.74, 6) is -0.140. The van der Waals surface area contributed by atoms with Gasteiger partial charge in [0.15, 0.2) is 5.13 Å². The Labute approximate surface area is 170 Å². The number of piperidine rings is 1. The van der Waals surface area contributed by atoms with Gasteiger partial charge in [0.1, 0.15) is 0 Å². The molecule has 0 radical (unpaired) electrons. The molecule has 2 N–H and O–H groups in total.